The summed E-state index contributed by atoms with van der Waals surface area (Å²) in [6.45, 7) is 0. The van der Waals surface area contributed by atoms with Gasteiger partial charge < -0.3 is 9.55 Å². The number of H-pyrrole nitrogens is 2. The minimum Gasteiger partial charge on any atom is -0.325 e. The summed E-state index contributed by atoms with van der Waals surface area (Å²) in [6.07, 6.45) is 1.56. The Morgan fingerprint density at radius 2 is 2.33 bits per heavy atom. The SMILES string of the molecule is Cn1cnc2[nH]c(=O)[nH]c2c1=S. The molecule has 0 bridgehead atoms. The topological polar surface area (TPSA) is 66.5 Å². The van der Waals surface area contributed by atoms with E-state index in [1.54, 1.807) is 17.9 Å². The number of aromatic amines is 2. The molecule has 0 amide bonds. The average molecular weight is 182 g/mol. The van der Waals surface area contributed by atoms with Crippen LogP contribution in [-0.2, 0) is 7.05 Å². The molecule has 62 valence electrons. The molecule has 2 heterocycles. The Balaban J connectivity index is 3.10. The summed E-state index contributed by atoms with van der Waals surface area (Å²) in [5.41, 5.74) is 0.804. The van der Waals surface area contributed by atoms with Gasteiger partial charge in [0, 0.05) is 7.05 Å². The molecule has 2 N–H and O–H groups in total. The van der Waals surface area contributed by atoms with Crippen molar-refractivity contribution in [3.05, 3.63) is 21.5 Å². The minimum atomic E-state index is -0.283. The Morgan fingerprint density at radius 3 is 3.08 bits per heavy atom. The van der Waals surface area contributed by atoms with Gasteiger partial charge in [0.15, 0.2) is 5.65 Å². The van der Waals surface area contributed by atoms with E-state index in [1.165, 1.54) is 0 Å². The van der Waals surface area contributed by atoms with Gasteiger partial charge in [-0.25, -0.2) is 9.78 Å². The first-order chi connectivity index (χ1) is 5.68. The molecule has 2 rings (SSSR count). The van der Waals surface area contributed by atoms with E-state index in [-0.39, 0.29) is 5.69 Å². The summed E-state index contributed by atoms with van der Waals surface area (Å²) in [7, 11) is 1.78. The van der Waals surface area contributed by atoms with Gasteiger partial charge in [0.1, 0.15) is 10.2 Å². The Labute approximate surface area is 72.1 Å². The van der Waals surface area contributed by atoms with Crippen molar-refractivity contribution in [2.45, 2.75) is 0 Å². The van der Waals surface area contributed by atoms with Crippen molar-refractivity contribution in [2.75, 3.05) is 0 Å². The molecule has 0 fully saturated rings. The van der Waals surface area contributed by atoms with E-state index in [0.29, 0.717) is 15.8 Å². The molecule has 0 spiro atoms. The smallest absolute Gasteiger partial charge is 0.325 e. The van der Waals surface area contributed by atoms with Crippen LogP contribution in [0.2, 0.25) is 0 Å². The van der Waals surface area contributed by atoms with Gasteiger partial charge in [0.05, 0.1) is 6.33 Å². The van der Waals surface area contributed by atoms with Crippen molar-refractivity contribution < 1.29 is 0 Å². The second kappa shape index (κ2) is 2.28. The van der Waals surface area contributed by atoms with Crippen molar-refractivity contribution in [3.8, 4) is 0 Å². The number of nitrogens with one attached hydrogen (secondary N) is 2. The van der Waals surface area contributed by atoms with Crippen molar-refractivity contribution >= 4 is 23.4 Å². The first-order valence-electron chi connectivity index (χ1n) is 3.32. The van der Waals surface area contributed by atoms with Crippen LogP contribution in [0.3, 0.4) is 0 Å². The van der Waals surface area contributed by atoms with Crippen LogP contribution in [0.25, 0.3) is 11.2 Å². The third-order valence-electron chi connectivity index (χ3n) is 1.60. The maximum atomic E-state index is 10.8. The molecule has 0 unspecified atom stereocenters. The standard InChI is InChI=1S/C6H6N4OS/c1-10-2-7-4-3(5(10)12)8-6(11)9-4/h2H,1H3,(H2,8,9,11). The van der Waals surface area contributed by atoms with Gasteiger partial charge in [-0.15, -0.1) is 0 Å². The fraction of sp³-hybridized carbons (Fsp3) is 0.167. The van der Waals surface area contributed by atoms with Crippen LogP contribution in [-0.4, -0.2) is 19.5 Å². The predicted octanol–water partition coefficient (Wildman–Crippen LogP) is 0.319. The van der Waals surface area contributed by atoms with Crippen molar-refractivity contribution in [2.24, 2.45) is 7.05 Å². The third-order valence-corrected chi connectivity index (χ3v) is 2.09. The zero-order valence-corrected chi connectivity index (χ0v) is 7.10. The number of fused-ring (bicyclic) bond motifs is 1. The highest BCUT2D eigenvalue weighted by molar-refractivity contribution is 7.71. The summed E-state index contributed by atoms with van der Waals surface area (Å²) in [6, 6.07) is 0. The van der Waals surface area contributed by atoms with Gasteiger partial charge in [0.2, 0.25) is 0 Å². The van der Waals surface area contributed by atoms with E-state index in [2.05, 4.69) is 15.0 Å². The summed E-state index contributed by atoms with van der Waals surface area (Å²) in [5, 5.41) is 0. The lowest BCUT2D eigenvalue weighted by molar-refractivity contribution is 0.863. The molecule has 0 atom stereocenters. The van der Waals surface area contributed by atoms with Crippen LogP contribution in [0.5, 0.6) is 0 Å². The second-order valence-electron chi connectivity index (χ2n) is 2.46. The summed E-state index contributed by atoms with van der Waals surface area (Å²) in [4.78, 5) is 19.9. The zero-order chi connectivity index (χ0) is 8.72. The normalized spacial score (nSPS) is 10.8. The number of hydrogen-bond acceptors (Lipinski definition) is 3. The number of aryl methyl sites for hydroxylation is 1. The summed E-state index contributed by atoms with van der Waals surface area (Å²) >= 11 is 5.04. The number of aromatic nitrogens is 4. The Morgan fingerprint density at radius 1 is 1.58 bits per heavy atom. The van der Waals surface area contributed by atoms with E-state index in [9.17, 15) is 4.79 Å². The molecule has 2 aromatic rings. The molecule has 0 aromatic carbocycles. The highest BCUT2D eigenvalue weighted by Crippen LogP contribution is 2.03. The molecular formula is C6H6N4OS. The summed E-state index contributed by atoms with van der Waals surface area (Å²) < 4.78 is 2.24. The molecule has 0 radical (unpaired) electrons. The second-order valence-corrected chi connectivity index (χ2v) is 2.85. The van der Waals surface area contributed by atoms with E-state index in [4.69, 9.17) is 12.2 Å². The lowest BCUT2D eigenvalue weighted by Crippen LogP contribution is -1.99. The van der Waals surface area contributed by atoms with Crippen molar-refractivity contribution in [3.63, 3.8) is 0 Å². The molecule has 5 nitrogen and oxygen atoms in total. The van der Waals surface area contributed by atoms with Crippen molar-refractivity contribution in [1.82, 2.24) is 19.5 Å². The van der Waals surface area contributed by atoms with E-state index in [0.717, 1.165) is 0 Å². The molecular weight excluding hydrogens is 176 g/mol. The number of hydrogen-bond donors (Lipinski definition) is 2. The van der Waals surface area contributed by atoms with Crippen LogP contribution in [0.15, 0.2) is 11.1 Å². The van der Waals surface area contributed by atoms with Crippen LogP contribution in [0, 0.1) is 4.64 Å². The molecule has 2 aromatic heterocycles. The molecule has 12 heavy (non-hydrogen) atoms. The molecule has 0 saturated carbocycles. The first kappa shape index (κ1) is 7.23. The van der Waals surface area contributed by atoms with E-state index < -0.39 is 0 Å². The number of imidazole rings is 1. The van der Waals surface area contributed by atoms with E-state index >= 15 is 0 Å². The summed E-state index contributed by atoms with van der Waals surface area (Å²) in [5.74, 6) is 0. The molecule has 0 aliphatic carbocycles. The van der Waals surface area contributed by atoms with Crippen LogP contribution in [0.1, 0.15) is 0 Å². The third kappa shape index (κ3) is 0.884. The maximum Gasteiger partial charge on any atom is 0.325 e. The molecule has 0 aliphatic rings. The van der Waals surface area contributed by atoms with Crippen LogP contribution in [0.4, 0.5) is 0 Å². The number of nitrogens with zero attached hydrogens (tertiary/aromatic N) is 2. The van der Waals surface area contributed by atoms with Gasteiger partial charge in [-0.05, 0) is 0 Å². The average Bonchev–Trinajstić information content (AvgIpc) is 2.39. The van der Waals surface area contributed by atoms with Gasteiger partial charge >= 0.3 is 5.69 Å². The fourth-order valence-electron chi connectivity index (χ4n) is 0.999. The molecule has 6 heteroatoms. The lowest BCUT2D eigenvalue weighted by atomic mass is 10.5. The van der Waals surface area contributed by atoms with Crippen molar-refractivity contribution in [1.29, 1.82) is 0 Å². The van der Waals surface area contributed by atoms with Gasteiger partial charge in [-0.1, -0.05) is 12.2 Å². The van der Waals surface area contributed by atoms with E-state index in [1.807, 2.05) is 0 Å². The first-order valence-corrected chi connectivity index (χ1v) is 3.73. The highest BCUT2D eigenvalue weighted by atomic mass is 32.1. The van der Waals surface area contributed by atoms with Crippen LogP contribution < -0.4 is 5.69 Å². The van der Waals surface area contributed by atoms with Gasteiger partial charge in [-0.2, -0.15) is 0 Å². The Hall–Kier alpha value is -1.43. The number of rotatable bonds is 0. The quantitative estimate of drug-likeness (QED) is 0.576. The highest BCUT2D eigenvalue weighted by Gasteiger charge is 2.00. The van der Waals surface area contributed by atoms with Crippen LogP contribution >= 0.6 is 12.2 Å². The molecule has 0 saturated heterocycles. The van der Waals surface area contributed by atoms with Gasteiger partial charge in [0.25, 0.3) is 0 Å². The maximum absolute atomic E-state index is 10.8. The minimum absolute atomic E-state index is 0.283. The Bertz CT molecular complexity index is 534. The zero-order valence-electron chi connectivity index (χ0n) is 6.29. The fourth-order valence-corrected chi connectivity index (χ4v) is 1.19. The predicted molar refractivity (Wildman–Crippen MR) is 46.5 cm³/mol. The van der Waals surface area contributed by atoms with Gasteiger partial charge in [-0.3, -0.25) is 4.98 Å². The molecule has 0 aliphatic heterocycles. The lowest BCUT2D eigenvalue weighted by Gasteiger charge is -1.95. The Kier molecular flexibility index (Phi) is 1.37. The largest absolute Gasteiger partial charge is 0.325 e. The monoisotopic (exact) mass is 182 g/mol.